The third-order valence-corrected chi connectivity index (χ3v) is 4.19. The molecule has 0 saturated heterocycles. The van der Waals surface area contributed by atoms with Gasteiger partial charge >= 0.3 is 6.03 Å². The number of carbonyl (C=O) groups excluding carboxylic acids is 2. The first kappa shape index (κ1) is 18.7. The smallest absolute Gasteiger partial charge is 0.321 e. The Morgan fingerprint density at radius 3 is 2.32 bits per heavy atom. The first-order chi connectivity index (χ1) is 12.0. The maximum absolute atomic E-state index is 12.8. The topological polar surface area (TPSA) is 62.6 Å². The molecule has 0 spiro atoms. The van der Waals surface area contributed by atoms with Crippen molar-refractivity contribution in [2.75, 3.05) is 13.6 Å². The number of amides is 3. The summed E-state index contributed by atoms with van der Waals surface area (Å²) in [5.74, 6) is -0.303. The van der Waals surface area contributed by atoms with Gasteiger partial charge in [0.1, 0.15) is 6.54 Å². The molecule has 5 heteroatoms. The van der Waals surface area contributed by atoms with Crippen molar-refractivity contribution in [3.8, 4) is 0 Å². The third kappa shape index (κ3) is 5.16. The molecule has 2 atom stereocenters. The van der Waals surface area contributed by atoms with Gasteiger partial charge in [-0.25, -0.2) is 4.79 Å². The average molecular weight is 340 g/mol. The van der Waals surface area contributed by atoms with Crippen LogP contribution in [0.2, 0.25) is 0 Å². The highest BCUT2D eigenvalue weighted by molar-refractivity contribution is 5.96. The summed E-state index contributed by atoms with van der Waals surface area (Å²) in [6.45, 7) is 5.04. The SMILES string of the molecule is CCNC(=O)NC(=O)[C@@H](c1ccccc1)[NH+](C)Cc1ccccc1C. The third-order valence-electron chi connectivity index (χ3n) is 4.19. The number of hydrogen-bond acceptors (Lipinski definition) is 2. The van der Waals surface area contributed by atoms with Gasteiger partial charge < -0.3 is 10.2 Å². The van der Waals surface area contributed by atoms with Crippen LogP contribution in [0.5, 0.6) is 0 Å². The van der Waals surface area contributed by atoms with Gasteiger partial charge in [0.05, 0.1) is 7.05 Å². The molecule has 2 aromatic carbocycles. The highest BCUT2D eigenvalue weighted by Crippen LogP contribution is 2.11. The summed E-state index contributed by atoms with van der Waals surface area (Å²) in [6, 6.07) is 16.8. The number of quaternary nitrogens is 1. The molecule has 0 heterocycles. The molecule has 3 amide bonds. The van der Waals surface area contributed by atoms with Gasteiger partial charge in [0.25, 0.3) is 5.91 Å². The van der Waals surface area contributed by atoms with Gasteiger partial charge in [-0.05, 0) is 19.4 Å². The van der Waals surface area contributed by atoms with E-state index in [0.717, 1.165) is 10.5 Å². The normalized spacial score (nSPS) is 12.9. The number of benzene rings is 2. The van der Waals surface area contributed by atoms with Gasteiger partial charge in [0.2, 0.25) is 0 Å². The lowest BCUT2D eigenvalue weighted by atomic mass is 10.0. The van der Waals surface area contributed by atoms with Crippen LogP contribution in [0.15, 0.2) is 54.6 Å². The van der Waals surface area contributed by atoms with E-state index in [2.05, 4.69) is 29.7 Å². The van der Waals surface area contributed by atoms with E-state index in [-0.39, 0.29) is 5.91 Å². The molecular formula is C20H26N3O2+. The van der Waals surface area contributed by atoms with Crippen molar-refractivity contribution in [2.45, 2.75) is 26.4 Å². The molecule has 0 saturated carbocycles. The molecule has 0 bridgehead atoms. The summed E-state index contributed by atoms with van der Waals surface area (Å²) in [5.41, 5.74) is 3.26. The monoisotopic (exact) mass is 340 g/mol. The number of urea groups is 1. The Morgan fingerprint density at radius 1 is 1.04 bits per heavy atom. The van der Waals surface area contributed by atoms with Gasteiger partial charge in [-0.3, -0.25) is 10.1 Å². The lowest BCUT2D eigenvalue weighted by molar-refractivity contribution is -0.916. The Hall–Kier alpha value is -2.66. The van der Waals surface area contributed by atoms with Crippen molar-refractivity contribution in [3.63, 3.8) is 0 Å². The van der Waals surface area contributed by atoms with Crippen LogP contribution in [0, 0.1) is 6.92 Å². The number of aryl methyl sites for hydroxylation is 1. The molecule has 3 N–H and O–H groups in total. The zero-order chi connectivity index (χ0) is 18.2. The van der Waals surface area contributed by atoms with E-state index in [9.17, 15) is 9.59 Å². The van der Waals surface area contributed by atoms with Crippen LogP contribution < -0.4 is 15.5 Å². The summed E-state index contributed by atoms with van der Waals surface area (Å²) in [7, 11) is 1.97. The predicted octanol–water partition coefficient (Wildman–Crippen LogP) is 1.60. The summed E-state index contributed by atoms with van der Waals surface area (Å²) in [4.78, 5) is 25.5. The second-order valence-corrected chi connectivity index (χ2v) is 6.14. The van der Waals surface area contributed by atoms with E-state index >= 15 is 0 Å². The van der Waals surface area contributed by atoms with Gasteiger partial charge in [-0.15, -0.1) is 0 Å². The van der Waals surface area contributed by atoms with Crippen LogP contribution in [-0.2, 0) is 11.3 Å². The number of rotatable bonds is 6. The number of nitrogens with one attached hydrogen (secondary N) is 3. The lowest BCUT2D eigenvalue weighted by Gasteiger charge is -2.25. The number of hydrogen-bond donors (Lipinski definition) is 3. The van der Waals surface area contributed by atoms with Crippen LogP contribution in [0.4, 0.5) is 4.79 Å². The van der Waals surface area contributed by atoms with Crippen LogP contribution in [-0.4, -0.2) is 25.5 Å². The first-order valence-corrected chi connectivity index (χ1v) is 8.53. The molecular weight excluding hydrogens is 314 g/mol. The fraction of sp³-hybridized carbons (Fsp3) is 0.300. The first-order valence-electron chi connectivity index (χ1n) is 8.53. The molecule has 1 unspecified atom stereocenters. The molecule has 5 nitrogen and oxygen atoms in total. The summed E-state index contributed by atoms with van der Waals surface area (Å²) in [5, 5.41) is 5.05. The molecule has 132 valence electrons. The Bertz CT molecular complexity index is 716. The van der Waals surface area contributed by atoms with E-state index in [0.29, 0.717) is 13.1 Å². The molecule has 0 radical (unpaired) electrons. The average Bonchev–Trinajstić information content (AvgIpc) is 2.58. The molecule has 2 rings (SSSR count). The lowest BCUT2D eigenvalue weighted by Crippen LogP contribution is -3.09. The number of imide groups is 1. The molecule has 0 aliphatic carbocycles. The Balaban J connectivity index is 2.23. The maximum Gasteiger partial charge on any atom is 0.321 e. The van der Waals surface area contributed by atoms with Gasteiger partial charge in [-0.2, -0.15) is 0 Å². The quantitative estimate of drug-likeness (QED) is 0.748. The van der Waals surface area contributed by atoms with E-state index < -0.39 is 12.1 Å². The van der Waals surface area contributed by atoms with E-state index in [1.165, 1.54) is 11.1 Å². The van der Waals surface area contributed by atoms with Crippen LogP contribution >= 0.6 is 0 Å². The molecule has 0 aromatic heterocycles. The van der Waals surface area contributed by atoms with Crippen LogP contribution in [0.25, 0.3) is 0 Å². The maximum atomic E-state index is 12.8. The highest BCUT2D eigenvalue weighted by Gasteiger charge is 2.30. The molecule has 0 aliphatic heterocycles. The fourth-order valence-electron chi connectivity index (χ4n) is 2.90. The van der Waals surface area contributed by atoms with E-state index in [4.69, 9.17) is 0 Å². The minimum Gasteiger partial charge on any atom is -0.338 e. The zero-order valence-electron chi connectivity index (χ0n) is 15.0. The molecule has 0 fully saturated rings. The summed E-state index contributed by atoms with van der Waals surface area (Å²) >= 11 is 0. The van der Waals surface area contributed by atoms with E-state index in [1.807, 2.05) is 56.4 Å². The Labute approximate surface area is 149 Å². The van der Waals surface area contributed by atoms with Crippen molar-refractivity contribution in [3.05, 3.63) is 71.3 Å². The van der Waals surface area contributed by atoms with Gasteiger partial charge in [-0.1, -0.05) is 54.6 Å². The minimum absolute atomic E-state index is 0.303. The highest BCUT2D eigenvalue weighted by atomic mass is 16.2. The van der Waals surface area contributed by atoms with Crippen molar-refractivity contribution in [1.29, 1.82) is 0 Å². The summed E-state index contributed by atoms with van der Waals surface area (Å²) < 4.78 is 0. The zero-order valence-corrected chi connectivity index (χ0v) is 15.0. The second kappa shape index (κ2) is 8.99. The Kier molecular flexibility index (Phi) is 6.71. The van der Waals surface area contributed by atoms with Crippen molar-refractivity contribution in [2.24, 2.45) is 0 Å². The van der Waals surface area contributed by atoms with Crippen LogP contribution in [0.3, 0.4) is 0 Å². The Morgan fingerprint density at radius 2 is 1.68 bits per heavy atom. The number of carbonyl (C=O) groups is 2. The van der Waals surface area contributed by atoms with Gasteiger partial charge in [0, 0.05) is 17.7 Å². The van der Waals surface area contributed by atoms with Gasteiger partial charge in [0.15, 0.2) is 6.04 Å². The summed E-state index contributed by atoms with van der Waals surface area (Å²) in [6.07, 6.45) is 0. The van der Waals surface area contributed by atoms with Crippen molar-refractivity contribution < 1.29 is 14.5 Å². The predicted molar refractivity (Wildman–Crippen MR) is 98.2 cm³/mol. The van der Waals surface area contributed by atoms with Crippen molar-refractivity contribution in [1.82, 2.24) is 10.6 Å². The molecule has 0 aliphatic rings. The second-order valence-electron chi connectivity index (χ2n) is 6.14. The van der Waals surface area contributed by atoms with Crippen molar-refractivity contribution >= 4 is 11.9 Å². The van der Waals surface area contributed by atoms with Crippen LogP contribution in [0.1, 0.15) is 29.7 Å². The largest absolute Gasteiger partial charge is 0.338 e. The standard InChI is InChI=1S/C20H25N3O2/c1-4-21-20(25)22-19(24)18(16-11-6-5-7-12-16)23(3)14-17-13-9-8-10-15(17)2/h5-13,18H,4,14H2,1-3H3,(H2,21,22,24,25)/p+1/t18-/m1/s1. The minimum atomic E-state index is -0.469. The molecule has 2 aromatic rings. The van der Waals surface area contributed by atoms with E-state index in [1.54, 1.807) is 0 Å². The number of likely N-dealkylation sites (N-methyl/N-ethyl adjacent to an activating group) is 1. The molecule has 25 heavy (non-hydrogen) atoms. The fourth-order valence-corrected chi connectivity index (χ4v) is 2.90.